The Balaban J connectivity index is 3.76. The van der Waals surface area contributed by atoms with Crippen molar-refractivity contribution in [2.75, 3.05) is 59.0 Å². The molecule has 0 aromatic heterocycles. The fraction of sp³-hybridized carbons (Fsp3) is 1.00. The molecule has 0 rings (SSSR count). The van der Waals surface area contributed by atoms with Gasteiger partial charge in [-0.3, -0.25) is 4.90 Å². The van der Waals surface area contributed by atoms with Crippen molar-refractivity contribution >= 4 is 0 Å². The Kier molecular flexibility index (Phi) is 12.0. The van der Waals surface area contributed by atoms with E-state index in [0.717, 1.165) is 13.1 Å². The summed E-state index contributed by atoms with van der Waals surface area (Å²) in [6.07, 6.45) is -0.603. The maximum atomic E-state index is 9.88. The van der Waals surface area contributed by atoms with Crippen molar-refractivity contribution in [1.82, 2.24) is 15.5 Å². The summed E-state index contributed by atoms with van der Waals surface area (Å²) < 4.78 is 0. The maximum absolute atomic E-state index is 9.88. The fourth-order valence-corrected chi connectivity index (χ4v) is 1.45. The first-order chi connectivity index (χ1) is 8.26. The highest BCUT2D eigenvalue weighted by Gasteiger charge is 2.13. The average molecular weight is 249 g/mol. The lowest BCUT2D eigenvalue weighted by Crippen LogP contribution is -2.47. The van der Waals surface area contributed by atoms with Crippen LogP contribution in [0, 0.1) is 0 Å². The minimum Gasteiger partial charge on any atom is -0.395 e. The number of aliphatic hydroxyl groups excluding tert-OH is 2. The zero-order chi connectivity index (χ0) is 12.9. The van der Waals surface area contributed by atoms with Gasteiger partial charge in [0, 0.05) is 52.4 Å². The van der Waals surface area contributed by atoms with Crippen molar-refractivity contribution in [1.29, 1.82) is 0 Å². The Morgan fingerprint density at radius 2 is 1.65 bits per heavy atom. The van der Waals surface area contributed by atoms with Crippen LogP contribution in [-0.2, 0) is 0 Å². The topological polar surface area (TPSA) is 120 Å². The zero-order valence-electron chi connectivity index (χ0n) is 10.4. The average Bonchev–Trinajstić information content (AvgIpc) is 2.33. The van der Waals surface area contributed by atoms with Crippen LogP contribution >= 0.6 is 0 Å². The summed E-state index contributed by atoms with van der Waals surface area (Å²) in [5.41, 5.74) is 10.7. The third-order valence-electron chi connectivity index (χ3n) is 2.35. The Morgan fingerprint density at radius 3 is 2.24 bits per heavy atom. The number of hydrogen-bond acceptors (Lipinski definition) is 7. The predicted molar refractivity (Wildman–Crippen MR) is 68.5 cm³/mol. The smallest absolute Gasteiger partial charge is 0.120 e. The summed E-state index contributed by atoms with van der Waals surface area (Å²) in [4.78, 5) is 1.81. The highest BCUT2D eigenvalue weighted by molar-refractivity contribution is 4.66. The van der Waals surface area contributed by atoms with Crippen molar-refractivity contribution in [2.24, 2.45) is 11.5 Å². The van der Waals surface area contributed by atoms with E-state index < -0.39 is 6.23 Å². The summed E-state index contributed by atoms with van der Waals surface area (Å²) in [5, 5.41) is 25.0. The number of hydrogen-bond donors (Lipinski definition) is 6. The molecule has 0 aliphatic rings. The van der Waals surface area contributed by atoms with Gasteiger partial charge in [-0.05, 0) is 0 Å². The molecule has 1 atom stereocenters. The van der Waals surface area contributed by atoms with Crippen molar-refractivity contribution < 1.29 is 10.2 Å². The summed E-state index contributed by atoms with van der Waals surface area (Å²) in [6, 6.07) is 0. The van der Waals surface area contributed by atoms with E-state index in [0.29, 0.717) is 39.3 Å². The van der Waals surface area contributed by atoms with Crippen molar-refractivity contribution in [3.05, 3.63) is 0 Å². The number of nitrogens with two attached hydrogens (primary N) is 2. The van der Waals surface area contributed by atoms with E-state index in [4.69, 9.17) is 16.6 Å². The van der Waals surface area contributed by atoms with E-state index in [9.17, 15) is 5.11 Å². The van der Waals surface area contributed by atoms with Gasteiger partial charge in [-0.15, -0.1) is 0 Å². The van der Waals surface area contributed by atoms with Gasteiger partial charge in [0.15, 0.2) is 0 Å². The molecule has 0 heterocycles. The van der Waals surface area contributed by atoms with Crippen LogP contribution in [0.5, 0.6) is 0 Å². The van der Waals surface area contributed by atoms with E-state index in [1.165, 1.54) is 0 Å². The SMILES string of the molecule is NCCNCCN(CCO)C(O)CNCCN. The lowest BCUT2D eigenvalue weighted by molar-refractivity contribution is -0.00325. The third-order valence-corrected chi connectivity index (χ3v) is 2.35. The van der Waals surface area contributed by atoms with Crippen LogP contribution in [0.3, 0.4) is 0 Å². The van der Waals surface area contributed by atoms with E-state index in [1.807, 2.05) is 4.90 Å². The zero-order valence-corrected chi connectivity index (χ0v) is 10.4. The summed E-state index contributed by atoms with van der Waals surface area (Å²) >= 11 is 0. The molecule has 1 unspecified atom stereocenters. The molecule has 0 saturated heterocycles. The molecule has 0 spiro atoms. The Hall–Kier alpha value is -0.280. The molecule has 7 nitrogen and oxygen atoms in total. The van der Waals surface area contributed by atoms with Gasteiger partial charge >= 0.3 is 0 Å². The second-order valence-electron chi connectivity index (χ2n) is 3.77. The van der Waals surface area contributed by atoms with Gasteiger partial charge in [-0.2, -0.15) is 0 Å². The maximum Gasteiger partial charge on any atom is 0.120 e. The van der Waals surface area contributed by atoms with Gasteiger partial charge in [0.25, 0.3) is 0 Å². The molecule has 0 aliphatic heterocycles. The summed E-state index contributed by atoms with van der Waals surface area (Å²) in [6.45, 7) is 4.93. The van der Waals surface area contributed by atoms with Crippen LogP contribution in [0.2, 0.25) is 0 Å². The van der Waals surface area contributed by atoms with Gasteiger partial charge in [-0.25, -0.2) is 0 Å². The van der Waals surface area contributed by atoms with Crippen LogP contribution in [-0.4, -0.2) is 80.3 Å². The molecule has 0 aliphatic carbocycles. The molecule has 8 N–H and O–H groups in total. The lowest BCUT2D eigenvalue weighted by Gasteiger charge is -2.27. The van der Waals surface area contributed by atoms with Crippen LogP contribution in [0.4, 0.5) is 0 Å². The molecule has 7 heteroatoms. The molecule has 0 radical (unpaired) electrons. The van der Waals surface area contributed by atoms with Crippen LogP contribution in [0.25, 0.3) is 0 Å². The first-order valence-corrected chi connectivity index (χ1v) is 6.10. The first-order valence-electron chi connectivity index (χ1n) is 6.10. The molecule has 0 fully saturated rings. The largest absolute Gasteiger partial charge is 0.395 e. The highest BCUT2D eigenvalue weighted by Crippen LogP contribution is 1.93. The monoisotopic (exact) mass is 249 g/mol. The van der Waals surface area contributed by atoms with Crippen LogP contribution < -0.4 is 22.1 Å². The molecule has 17 heavy (non-hydrogen) atoms. The molecule has 0 bridgehead atoms. The van der Waals surface area contributed by atoms with E-state index in [2.05, 4.69) is 10.6 Å². The lowest BCUT2D eigenvalue weighted by atomic mass is 10.4. The minimum atomic E-state index is -0.603. The van der Waals surface area contributed by atoms with Gasteiger partial charge < -0.3 is 32.3 Å². The molecule has 0 saturated carbocycles. The van der Waals surface area contributed by atoms with Gasteiger partial charge in [0.1, 0.15) is 6.23 Å². The highest BCUT2D eigenvalue weighted by atomic mass is 16.3. The Labute approximate surface area is 103 Å². The standard InChI is InChI=1S/C10H27N5O2/c11-1-3-13-5-6-15(7-8-16)10(17)9-14-4-2-12/h10,13-14,16-17H,1-9,11-12H2. The van der Waals surface area contributed by atoms with E-state index in [1.54, 1.807) is 0 Å². The summed E-state index contributed by atoms with van der Waals surface area (Å²) in [7, 11) is 0. The Morgan fingerprint density at radius 1 is 1.00 bits per heavy atom. The molecular weight excluding hydrogens is 222 g/mol. The third kappa shape index (κ3) is 9.42. The van der Waals surface area contributed by atoms with Gasteiger partial charge in [-0.1, -0.05) is 0 Å². The molecule has 104 valence electrons. The molecule has 0 amide bonds. The van der Waals surface area contributed by atoms with E-state index in [-0.39, 0.29) is 6.61 Å². The Bertz CT molecular complexity index is 162. The van der Waals surface area contributed by atoms with Crippen LogP contribution in [0.15, 0.2) is 0 Å². The van der Waals surface area contributed by atoms with Crippen molar-refractivity contribution in [2.45, 2.75) is 6.23 Å². The first kappa shape index (κ1) is 16.7. The fourth-order valence-electron chi connectivity index (χ4n) is 1.45. The second-order valence-corrected chi connectivity index (χ2v) is 3.77. The molecular formula is C10H27N5O2. The van der Waals surface area contributed by atoms with E-state index >= 15 is 0 Å². The van der Waals surface area contributed by atoms with Crippen molar-refractivity contribution in [3.63, 3.8) is 0 Å². The summed E-state index contributed by atoms with van der Waals surface area (Å²) in [5.74, 6) is 0. The predicted octanol–water partition coefficient (Wildman–Crippen LogP) is -3.30. The normalized spacial score (nSPS) is 13.2. The van der Waals surface area contributed by atoms with Crippen LogP contribution in [0.1, 0.15) is 0 Å². The van der Waals surface area contributed by atoms with Gasteiger partial charge in [0.2, 0.25) is 0 Å². The molecule has 0 aromatic rings. The minimum absolute atomic E-state index is 0.0326. The molecule has 0 aromatic carbocycles. The number of nitrogens with zero attached hydrogens (tertiary/aromatic N) is 1. The number of nitrogens with one attached hydrogen (secondary N) is 2. The van der Waals surface area contributed by atoms with Gasteiger partial charge in [0.05, 0.1) is 6.61 Å². The second kappa shape index (κ2) is 12.2. The van der Waals surface area contributed by atoms with Crippen molar-refractivity contribution in [3.8, 4) is 0 Å². The number of rotatable bonds is 12. The quantitative estimate of drug-likeness (QED) is 0.158. The number of aliphatic hydroxyl groups is 2.